The van der Waals surface area contributed by atoms with Crippen LogP contribution in [0.1, 0.15) is 11.1 Å². The maximum Gasteiger partial charge on any atom is 0.140 e. The minimum Gasteiger partial charge on any atom is -0.259 e. The molecule has 0 saturated carbocycles. The highest BCUT2D eigenvalue weighted by molar-refractivity contribution is 5.77. The number of fused-ring (bicyclic) bond motifs is 1. The quantitative estimate of drug-likeness (QED) is 0.569. The van der Waals surface area contributed by atoms with Gasteiger partial charge in [-0.1, -0.05) is 12.1 Å². The summed E-state index contributed by atoms with van der Waals surface area (Å²) in [5.41, 5.74) is 3.81. The average molecular weight is 317 g/mol. The van der Waals surface area contributed by atoms with E-state index in [0.717, 1.165) is 11.3 Å². The van der Waals surface area contributed by atoms with Crippen LogP contribution in [0.3, 0.4) is 0 Å². The zero-order chi connectivity index (χ0) is 16.4. The maximum atomic E-state index is 8.96. The average Bonchev–Trinajstić information content (AvgIpc) is 3.31. The molecule has 0 radical (unpaired) electrons. The SMILES string of the molecule is N#Cc1ccc(N(Cc2cccc3nonc23)n2cncn2)cc1. The predicted octanol–water partition coefficient (Wildman–Crippen LogP) is 2.16. The summed E-state index contributed by atoms with van der Waals surface area (Å²) in [6.07, 6.45) is 3.08. The van der Waals surface area contributed by atoms with Crippen LogP contribution in [0.5, 0.6) is 0 Å². The molecule has 116 valence electrons. The van der Waals surface area contributed by atoms with Crippen LogP contribution in [-0.2, 0) is 6.54 Å². The number of aromatic nitrogens is 5. The number of nitrogens with zero attached hydrogens (tertiary/aromatic N) is 7. The number of anilines is 1. The van der Waals surface area contributed by atoms with Crippen molar-refractivity contribution >= 4 is 16.7 Å². The van der Waals surface area contributed by atoms with E-state index in [4.69, 9.17) is 9.89 Å². The molecule has 4 aromatic rings. The van der Waals surface area contributed by atoms with E-state index in [0.29, 0.717) is 23.1 Å². The third kappa shape index (κ3) is 2.44. The van der Waals surface area contributed by atoms with Crippen molar-refractivity contribution in [3.63, 3.8) is 0 Å². The van der Waals surface area contributed by atoms with Gasteiger partial charge in [-0.25, -0.2) is 9.61 Å². The van der Waals surface area contributed by atoms with Gasteiger partial charge in [-0.05, 0) is 40.6 Å². The molecule has 0 spiro atoms. The highest BCUT2D eigenvalue weighted by Crippen LogP contribution is 2.22. The molecule has 0 N–H and O–H groups in total. The first-order valence-electron chi connectivity index (χ1n) is 7.18. The summed E-state index contributed by atoms with van der Waals surface area (Å²) < 4.78 is 4.82. The summed E-state index contributed by atoms with van der Waals surface area (Å²) in [5.74, 6) is 0. The van der Waals surface area contributed by atoms with Crippen LogP contribution < -0.4 is 5.01 Å². The van der Waals surface area contributed by atoms with Crippen molar-refractivity contribution in [1.82, 2.24) is 25.2 Å². The summed E-state index contributed by atoms with van der Waals surface area (Å²) in [6.45, 7) is 0.487. The van der Waals surface area contributed by atoms with Crippen LogP contribution in [0.25, 0.3) is 11.0 Å². The van der Waals surface area contributed by atoms with Gasteiger partial charge in [0.15, 0.2) is 0 Å². The molecule has 0 atom stereocenters. The fraction of sp³-hybridized carbons (Fsp3) is 0.0625. The molecule has 2 heterocycles. The molecule has 0 aliphatic heterocycles. The number of hydrogen-bond donors (Lipinski definition) is 0. The van der Waals surface area contributed by atoms with Gasteiger partial charge in [0.1, 0.15) is 23.7 Å². The molecule has 0 unspecified atom stereocenters. The van der Waals surface area contributed by atoms with Gasteiger partial charge in [0.05, 0.1) is 23.9 Å². The standard InChI is InChI=1S/C16H11N7O/c17-8-12-4-6-14(7-5-12)22(23-11-18-10-19-23)9-13-2-1-3-15-16(13)21-24-20-15/h1-7,10-11H,9H2. The lowest BCUT2D eigenvalue weighted by Crippen LogP contribution is -2.29. The fourth-order valence-corrected chi connectivity index (χ4v) is 2.47. The Hall–Kier alpha value is -3.73. The van der Waals surface area contributed by atoms with E-state index in [9.17, 15) is 0 Å². The molecule has 0 aliphatic carbocycles. The lowest BCUT2D eigenvalue weighted by atomic mass is 10.1. The predicted molar refractivity (Wildman–Crippen MR) is 84.6 cm³/mol. The van der Waals surface area contributed by atoms with Gasteiger partial charge in [0.2, 0.25) is 0 Å². The largest absolute Gasteiger partial charge is 0.259 e. The number of rotatable bonds is 4. The van der Waals surface area contributed by atoms with Crippen LogP contribution in [0, 0.1) is 11.3 Å². The molecule has 0 bridgehead atoms. The molecule has 0 fully saturated rings. The first-order valence-corrected chi connectivity index (χ1v) is 7.18. The van der Waals surface area contributed by atoms with Gasteiger partial charge in [-0.3, -0.25) is 5.01 Å². The second-order valence-electron chi connectivity index (χ2n) is 5.08. The van der Waals surface area contributed by atoms with Gasteiger partial charge in [0, 0.05) is 5.56 Å². The van der Waals surface area contributed by atoms with Crippen LogP contribution in [-0.4, -0.2) is 25.2 Å². The van der Waals surface area contributed by atoms with Gasteiger partial charge >= 0.3 is 0 Å². The summed E-state index contributed by atoms with van der Waals surface area (Å²) in [4.78, 5) is 5.64. The molecular formula is C16H11N7O. The fourth-order valence-electron chi connectivity index (χ4n) is 2.47. The molecule has 2 aromatic heterocycles. The highest BCUT2D eigenvalue weighted by Gasteiger charge is 2.14. The Kier molecular flexibility index (Phi) is 3.37. The smallest absolute Gasteiger partial charge is 0.140 e. The molecular weight excluding hydrogens is 306 g/mol. The Bertz CT molecular complexity index is 999. The molecule has 0 saturated heterocycles. The summed E-state index contributed by atoms with van der Waals surface area (Å²) in [6, 6.07) is 15.1. The number of nitriles is 1. The third-order valence-electron chi connectivity index (χ3n) is 3.64. The second kappa shape index (κ2) is 5.81. The van der Waals surface area contributed by atoms with E-state index in [-0.39, 0.29) is 0 Å². The van der Waals surface area contributed by atoms with Crippen molar-refractivity contribution in [3.8, 4) is 6.07 Å². The molecule has 0 amide bonds. The van der Waals surface area contributed by atoms with Crippen molar-refractivity contribution in [2.45, 2.75) is 6.54 Å². The zero-order valence-electron chi connectivity index (χ0n) is 12.4. The summed E-state index contributed by atoms with van der Waals surface area (Å²) >= 11 is 0. The number of hydrogen-bond acceptors (Lipinski definition) is 7. The lowest BCUT2D eigenvalue weighted by Gasteiger charge is -2.24. The Morgan fingerprint density at radius 3 is 2.75 bits per heavy atom. The molecule has 24 heavy (non-hydrogen) atoms. The summed E-state index contributed by atoms with van der Waals surface area (Å²) in [7, 11) is 0. The minimum atomic E-state index is 0.487. The van der Waals surface area contributed by atoms with Crippen molar-refractivity contribution in [3.05, 3.63) is 66.2 Å². The molecule has 4 rings (SSSR count). The van der Waals surface area contributed by atoms with E-state index in [1.807, 2.05) is 35.3 Å². The Balaban J connectivity index is 1.76. The maximum absolute atomic E-state index is 8.96. The van der Waals surface area contributed by atoms with Crippen molar-refractivity contribution in [1.29, 1.82) is 5.26 Å². The normalized spacial score (nSPS) is 10.6. The van der Waals surface area contributed by atoms with Crippen LogP contribution >= 0.6 is 0 Å². The minimum absolute atomic E-state index is 0.487. The van der Waals surface area contributed by atoms with E-state index in [2.05, 4.69) is 26.5 Å². The Labute approximate surface area is 136 Å². The van der Waals surface area contributed by atoms with E-state index >= 15 is 0 Å². The number of benzene rings is 2. The second-order valence-corrected chi connectivity index (χ2v) is 5.08. The van der Waals surface area contributed by atoms with Crippen molar-refractivity contribution < 1.29 is 4.63 Å². The van der Waals surface area contributed by atoms with Crippen LogP contribution in [0.4, 0.5) is 5.69 Å². The van der Waals surface area contributed by atoms with Gasteiger partial charge in [0.25, 0.3) is 0 Å². The Morgan fingerprint density at radius 1 is 1.12 bits per heavy atom. The molecule has 0 aliphatic rings. The Morgan fingerprint density at radius 2 is 2.00 bits per heavy atom. The molecule has 8 heteroatoms. The highest BCUT2D eigenvalue weighted by atomic mass is 16.6. The van der Waals surface area contributed by atoms with Gasteiger partial charge in [-0.15, -0.1) is 5.10 Å². The lowest BCUT2D eigenvalue weighted by molar-refractivity contribution is 0.315. The third-order valence-corrected chi connectivity index (χ3v) is 3.64. The first kappa shape index (κ1) is 13.9. The van der Waals surface area contributed by atoms with E-state index < -0.39 is 0 Å². The van der Waals surface area contributed by atoms with Crippen molar-refractivity contribution in [2.75, 3.05) is 5.01 Å². The van der Waals surface area contributed by atoms with E-state index in [1.54, 1.807) is 23.3 Å². The van der Waals surface area contributed by atoms with E-state index in [1.165, 1.54) is 6.33 Å². The van der Waals surface area contributed by atoms with Crippen molar-refractivity contribution in [2.24, 2.45) is 0 Å². The zero-order valence-corrected chi connectivity index (χ0v) is 12.4. The first-order chi connectivity index (χ1) is 11.8. The van der Waals surface area contributed by atoms with Gasteiger partial charge < -0.3 is 0 Å². The monoisotopic (exact) mass is 317 g/mol. The van der Waals surface area contributed by atoms with Gasteiger partial charge in [-0.2, -0.15) is 10.1 Å². The molecule has 2 aromatic carbocycles. The van der Waals surface area contributed by atoms with Crippen LogP contribution in [0.15, 0.2) is 59.7 Å². The summed E-state index contributed by atoms with van der Waals surface area (Å²) in [5, 5.41) is 22.9. The molecule has 8 nitrogen and oxygen atoms in total. The van der Waals surface area contributed by atoms with Crippen LogP contribution in [0.2, 0.25) is 0 Å². The topological polar surface area (TPSA) is 96.7 Å².